The fraction of sp³-hybridized carbons (Fsp3) is 0.312. The van der Waals surface area contributed by atoms with E-state index in [-0.39, 0.29) is 4.90 Å². The third-order valence-electron chi connectivity index (χ3n) is 3.71. The number of methoxy groups -OCH3 is 1. The molecule has 0 saturated heterocycles. The van der Waals surface area contributed by atoms with Gasteiger partial charge in [-0.15, -0.1) is 0 Å². The van der Waals surface area contributed by atoms with Crippen LogP contribution in [0.3, 0.4) is 0 Å². The van der Waals surface area contributed by atoms with Crippen LogP contribution in [-0.2, 0) is 10.0 Å². The molecular weight excluding hydrogens is 300 g/mol. The Morgan fingerprint density at radius 2 is 1.77 bits per heavy atom. The molecule has 1 aromatic carbocycles. The SMILES string of the molecule is COc1cc(C)c(S(=O)(=O)Nc2ncccc2C)c(C)c1C. The molecule has 6 heteroatoms. The summed E-state index contributed by atoms with van der Waals surface area (Å²) in [5.74, 6) is 1.03. The van der Waals surface area contributed by atoms with Gasteiger partial charge in [0.1, 0.15) is 11.6 Å². The molecular formula is C16H20N2O3S. The largest absolute Gasteiger partial charge is 0.496 e. The quantitative estimate of drug-likeness (QED) is 0.940. The lowest BCUT2D eigenvalue weighted by molar-refractivity contribution is 0.410. The summed E-state index contributed by atoms with van der Waals surface area (Å²) in [5.41, 5.74) is 2.90. The molecule has 0 fully saturated rings. The highest BCUT2D eigenvalue weighted by Crippen LogP contribution is 2.31. The number of hydrogen-bond donors (Lipinski definition) is 1. The van der Waals surface area contributed by atoms with E-state index in [2.05, 4.69) is 9.71 Å². The average Bonchev–Trinajstić information content (AvgIpc) is 2.45. The number of aryl methyl sites for hydroxylation is 2. The topological polar surface area (TPSA) is 68.3 Å². The number of hydrogen-bond acceptors (Lipinski definition) is 4. The molecule has 0 spiro atoms. The summed E-state index contributed by atoms with van der Waals surface area (Å²) in [7, 11) is -2.14. The number of sulfonamides is 1. The van der Waals surface area contributed by atoms with Gasteiger partial charge in [-0.1, -0.05) is 6.07 Å². The van der Waals surface area contributed by atoms with Gasteiger partial charge in [0, 0.05) is 6.20 Å². The molecule has 1 N–H and O–H groups in total. The second kappa shape index (κ2) is 5.96. The summed E-state index contributed by atoms with van der Waals surface area (Å²) in [6.07, 6.45) is 1.56. The van der Waals surface area contributed by atoms with E-state index >= 15 is 0 Å². The van der Waals surface area contributed by atoms with Crippen molar-refractivity contribution in [3.63, 3.8) is 0 Å². The van der Waals surface area contributed by atoms with Crippen LogP contribution in [-0.4, -0.2) is 20.5 Å². The Labute approximate surface area is 131 Å². The fourth-order valence-corrected chi connectivity index (χ4v) is 4.03. The summed E-state index contributed by atoms with van der Waals surface area (Å²) < 4.78 is 33.4. The minimum absolute atomic E-state index is 0.274. The minimum atomic E-state index is -3.71. The molecule has 2 rings (SSSR count). The van der Waals surface area contributed by atoms with E-state index < -0.39 is 10.0 Å². The minimum Gasteiger partial charge on any atom is -0.496 e. The van der Waals surface area contributed by atoms with Crippen molar-refractivity contribution in [1.82, 2.24) is 4.98 Å². The highest BCUT2D eigenvalue weighted by Gasteiger charge is 2.23. The number of aromatic nitrogens is 1. The van der Waals surface area contributed by atoms with Crippen LogP contribution >= 0.6 is 0 Å². The van der Waals surface area contributed by atoms with Crippen molar-refractivity contribution in [2.24, 2.45) is 0 Å². The summed E-state index contributed by atoms with van der Waals surface area (Å²) in [4.78, 5) is 4.36. The third kappa shape index (κ3) is 2.92. The third-order valence-corrected chi connectivity index (χ3v) is 5.34. The standard InChI is InChI=1S/C16H20N2O3S/c1-10-7-6-8-17-16(10)18-22(19,20)15-11(2)9-14(21-5)12(3)13(15)4/h6-9H,1-5H3,(H,17,18). The first-order chi connectivity index (χ1) is 10.3. The number of benzene rings is 1. The van der Waals surface area contributed by atoms with E-state index in [9.17, 15) is 8.42 Å². The molecule has 0 aliphatic carbocycles. The monoisotopic (exact) mass is 320 g/mol. The first-order valence-corrected chi connectivity index (χ1v) is 8.35. The van der Waals surface area contributed by atoms with Gasteiger partial charge < -0.3 is 4.74 Å². The predicted molar refractivity (Wildman–Crippen MR) is 87.0 cm³/mol. The summed E-state index contributed by atoms with van der Waals surface area (Å²) in [5, 5.41) is 0. The van der Waals surface area contributed by atoms with Crippen LogP contribution in [0, 0.1) is 27.7 Å². The van der Waals surface area contributed by atoms with Crippen molar-refractivity contribution in [3.05, 3.63) is 46.6 Å². The summed E-state index contributed by atoms with van der Waals surface area (Å²) >= 11 is 0. The molecule has 22 heavy (non-hydrogen) atoms. The number of pyridine rings is 1. The first-order valence-electron chi connectivity index (χ1n) is 6.87. The van der Waals surface area contributed by atoms with Crippen LogP contribution in [0.15, 0.2) is 29.3 Å². The zero-order chi connectivity index (χ0) is 16.5. The van der Waals surface area contributed by atoms with E-state index in [1.54, 1.807) is 39.3 Å². The molecule has 0 unspecified atom stereocenters. The number of nitrogens with one attached hydrogen (secondary N) is 1. The van der Waals surface area contributed by atoms with Crippen molar-refractivity contribution in [2.45, 2.75) is 32.6 Å². The lowest BCUT2D eigenvalue weighted by atomic mass is 10.1. The van der Waals surface area contributed by atoms with E-state index in [1.165, 1.54) is 0 Å². The molecule has 0 aliphatic heterocycles. The van der Waals surface area contributed by atoms with Gasteiger partial charge in [-0.25, -0.2) is 13.4 Å². The average molecular weight is 320 g/mol. The lowest BCUT2D eigenvalue weighted by Crippen LogP contribution is -2.18. The van der Waals surface area contributed by atoms with Crippen molar-refractivity contribution in [1.29, 1.82) is 0 Å². The summed E-state index contributed by atoms with van der Waals surface area (Å²) in [6.45, 7) is 7.20. The molecule has 2 aromatic rings. The van der Waals surface area contributed by atoms with Gasteiger partial charge in [0.25, 0.3) is 10.0 Å². The molecule has 0 atom stereocenters. The van der Waals surface area contributed by atoms with Gasteiger partial charge in [-0.05, 0) is 62.1 Å². The molecule has 0 saturated carbocycles. The van der Waals surface area contributed by atoms with Crippen LogP contribution < -0.4 is 9.46 Å². The zero-order valence-corrected chi connectivity index (χ0v) is 14.2. The molecule has 1 aromatic heterocycles. The maximum atomic E-state index is 12.8. The normalized spacial score (nSPS) is 11.3. The van der Waals surface area contributed by atoms with E-state index in [0.29, 0.717) is 22.7 Å². The molecule has 5 nitrogen and oxygen atoms in total. The Balaban J connectivity index is 2.56. The second-order valence-electron chi connectivity index (χ2n) is 5.25. The molecule has 1 heterocycles. The van der Waals surface area contributed by atoms with Crippen molar-refractivity contribution >= 4 is 15.8 Å². The van der Waals surface area contributed by atoms with E-state index in [4.69, 9.17) is 4.74 Å². The lowest BCUT2D eigenvalue weighted by Gasteiger charge is -2.17. The predicted octanol–water partition coefficient (Wildman–Crippen LogP) is 3.12. The summed E-state index contributed by atoms with van der Waals surface area (Å²) in [6, 6.07) is 5.31. The number of ether oxygens (including phenoxy) is 1. The van der Waals surface area contributed by atoms with Gasteiger partial charge in [-0.2, -0.15) is 0 Å². The molecule has 0 amide bonds. The van der Waals surface area contributed by atoms with E-state index in [1.807, 2.05) is 19.9 Å². The fourth-order valence-electron chi connectivity index (χ4n) is 2.42. The highest BCUT2D eigenvalue weighted by molar-refractivity contribution is 7.92. The van der Waals surface area contributed by atoms with Crippen LogP contribution in [0.1, 0.15) is 22.3 Å². The molecule has 118 valence electrons. The van der Waals surface area contributed by atoms with Crippen LogP contribution in [0.25, 0.3) is 0 Å². The van der Waals surface area contributed by atoms with Crippen LogP contribution in [0.5, 0.6) is 5.75 Å². The van der Waals surface area contributed by atoms with Crippen molar-refractivity contribution in [2.75, 3.05) is 11.8 Å². The van der Waals surface area contributed by atoms with Gasteiger partial charge in [-0.3, -0.25) is 4.72 Å². The maximum absolute atomic E-state index is 12.8. The van der Waals surface area contributed by atoms with Crippen molar-refractivity contribution < 1.29 is 13.2 Å². The Hall–Kier alpha value is -2.08. The maximum Gasteiger partial charge on any atom is 0.263 e. The Bertz CT molecular complexity index is 814. The van der Waals surface area contributed by atoms with Gasteiger partial charge in [0.15, 0.2) is 0 Å². The van der Waals surface area contributed by atoms with Gasteiger partial charge in [0.2, 0.25) is 0 Å². The Morgan fingerprint density at radius 3 is 2.36 bits per heavy atom. The Kier molecular flexibility index (Phi) is 4.42. The smallest absolute Gasteiger partial charge is 0.263 e. The second-order valence-corrected chi connectivity index (χ2v) is 6.87. The number of rotatable bonds is 4. The molecule has 0 aliphatic rings. The number of anilines is 1. The number of nitrogens with zero attached hydrogens (tertiary/aromatic N) is 1. The van der Waals surface area contributed by atoms with Gasteiger partial charge >= 0.3 is 0 Å². The zero-order valence-electron chi connectivity index (χ0n) is 13.4. The molecule has 0 radical (unpaired) electrons. The van der Waals surface area contributed by atoms with Crippen LogP contribution in [0.2, 0.25) is 0 Å². The first kappa shape index (κ1) is 16.3. The Morgan fingerprint density at radius 1 is 1.09 bits per heavy atom. The van der Waals surface area contributed by atoms with E-state index in [0.717, 1.165) is 11.1 Å². The van der Waals surface area contributed by atoms with Crippen LogP contribution in [0.4, 0.5) is 5.82 Å². The van der Waals surface area contributed by atoms with Gasteiger partial charge in [0.05, 0.1) is 12.0 Å². The van der Waals surface area contributed by atoms with Crippen molar-refractivity contribution in [3.8, 4) is 5.75 Å². The molecule has 0 bridgehead atoms. The highest BCUT2D eigenvalue weighted by atomic mass is 32.2.